The molecule has 0 radical (unpaired) electrons. The normalized spacial score (nSPS) is 10.9. The molecule has 0 aliphatic rings. The summed E-state index contributed by atoms with van der Waals surface area (Å²) in [6.07, 6.45) is 0.945. The third-order valence-corrected chi connectivity index (χ3v) is 4.43. The van der Waals surface area contributed by atoms with Crippen LogP contribution in [0.5, 0.6) is 0 Å². The number of anilines is 1. The average Bonchev–Trinajstić information content (AvgIpc) is 2.95. The van der Waals surface area contributed by atoms with Gasteiger partial charge in [0.1, 0.15) is 0 Å². The summed E-state index contributed by atoms with van der Waals surface area (Å²) in [5.74, 6) is 0. The van der Waals surface area contributed by atoms with E-state index in [9.17, 15) is 0 Å². The Balaban J connectivity index is 1.62. The number of benzene rings is 1. The van der Waals surface area contributed by atoms with Gasteiger partial charge in [0.25, 0.3) is 0 Å². The first-order valence-electron chi connectivity index (χ1n) is 5.82. The lowest BCUT2D eigenvalue weighted by atomic mass is 10.3. The van der Waals surface area contributed by atoms with Crippen molar-refractivity contribution in [2.24, 2.45) is 0 Å². The molecule has 0 aliphatic heterocycles. The summed E-state index contributed by atoms with van der Waals surface area (Å²) in [7, 11) is 0. The highest BCUT2D eigenvalue weighted by molar-refractivity contribution is 7.22. The van der Waals surface area contributed by atoms with Crippen molar-refractivity contribution >= 4 is 38.0 Å². The van der Waals surface area contributed by atoms with Crippen LogP contribution < -0.4 is 5.32 Å². The summed E-state index contributed by atoms with van der Waals surface area (Å²) < 4.78 is 1.23. The van der Waals surface area contributed by atoms with Gasteiger partial charge in [-0.3, -0.25) is 0 Å². The monoisotopic (exact) mass is 275 g/mol. The highest BCUT2D eigenvalue weighted by Crippen LogP contribution is 2.25. The molecule has 2 heterocycles. The molecule has 3 aromatic rings. The Bertz CT molecular complexity index is 624. The molecule has 1 aromatic carbocycles. The van der Waals surface area contributed by atoms with Crippen LogP contribution in [0.25, 0.3) is 10.2 Å². The van der Waals surface area contributed by atoms with Crippen molar-refractivity contribution in [3.8, 4) is 0 Å². The second-order valence-electron chi connectivity index (χ2n) is 4.02. The van der Waals surface area contributed by atoms with Crippen LogP contribution >= 0.6 is 22.7 Å². The largest absolute Gasteiger partial charge is 0.361 e. The lowest BCUT2D eigenvalue weighted by Gasteiger charge is -1.99. The first kappa shape index (κ1) is 11.6. The van der Waals surface area contributed by atoms with Gasteiger partial charge in [-0.05, 0) is 19.1 Å². The van der Waals surface area contributed by atoms with Crippen LogP contribution in [0.3, 0.4) is 0 Å². The average molecular weight is 275 g/mol. The van der Waals surface area contributed by atoms with Crippen LogP contribution in [0.2, 0.25) is 0 Å². The highest BCUT2D eigenvalue weighted by atomic mass is 32.1. The number of aryl methyl sites for hydroxylation is 1. The first-order valence-corrected chi connectivity index (χ1v) is 7.51. The van der Waals surface area contributed by atoms with E-state index in [1.165, 1.54) is 4.70 Å². The van der Waals surface area contributed by atoms with E-state index in [0.717, 1.165) is 34.3 Å². The van der Waals surface area contributed by atoms with Crippen molar-refractivity contribution in [2.45, 2.75) is 13.3 Å². The summed E-state index contributed by atoms with van der Waals surface area (Å²) >= 11 is 3.40. The predicted molar refractivity (Wildman–Crippen MR) is 78.7 cm³/mol. The van der Waals surface area contributed by atoms with E-state index in [0.29, 0.717) is 0 Å². The second-order valence-corrected chi connectivity index (χ2v) is 6.11. The Morgan fingerprint density at radius 1 is 1.22 bits per heavy atom. The maximum absolute atomic E-state index is 4.54. The van der Waals surface area contributed by atoms with Crippen molar-refractivity contribution < 1.29 is 0 Å². The molecule has 1 N–H and O–H groups in total. The van der Waals surface area contributed by atoms with Gasteiger partial charge < -0.3 is 5.32 Å². The number of hydrogen-bond donors (Lipinski definition) is 1. The topological polar surface area (TPSA) is 37.8 Å². The van der Waals surface area contributed by atoms with Gasteiger partial charge in [0.15, 0.2) is 5.13 Å². The van der Waals surface area contributed by atoms with E-state index < -0.39 is 0 Å². The summed E-state index contributed by atoms with van der Waals surface area (Å²) in [5, 5.41) is 7.60. The smallest absolute Gasteiger partial charge is 0.183 e. The van der Waals surface area contributed by atoms with Crippen LogP contribution in [0.1, 0.15) is 10.7 Å². The van der Waals surface area contributed by atoms with E-state index in [1.807, 2.05) is 25.1 Å². The number of hydrogen-bond acceptors (Lipinski definition) is 5. The molecule has 2 aromatic heterocycles. The fourth-order valence-electron chi connectivity index (χ4n) is 1.77. The van der Waals surface area contributed by atoms with E-state index >= 15 is 0 Å². The number of aromatic nitrogens is 2. The zero-order chi connectivity index (χ0) is 12.4. The van der Waals surface area contributed by atoms with Crippen molar-refractivity contribution in [3.63, 3.8) is 0 Å². The Labute approximate surface area is 114 Å². The number of nitrogens with one attached hydrogen (secondary N) is 1. The van der Waals surface area contributed by atoms with Crippen LogP contribution in [0.4, 0.5) is 5.13 Å². The van der Waals surface area contributed by atoms with Crippen molar-refractivity contribution in [2.75, 3.05) is 11.9 Å². The minimum absolute atomic E-state index is 0.878. The molecule has 0 saturated carbocycles. The molecule has 92 valence electrons. The van der Waals surface area contributed by atoms with Gasteiger partial charge in [0, 0.05) is 18.3 Å². The minimum Gasteiger partial charge on any atom is -0.361 e. The zero-order valence-electron chi connectivity index (χ0n) is 10.0. The first-order chi connectivity index (χ1) is 8.81. The molecule has 0 unspecified atom stereocenters. The second kappa shape index (κ2) is 5.04. The Morgan fingerprint density at radius 2 is 2.11 bits per heavy atom. The van der Waals surface area contributed by atoms with Crippen molar-refractivity contribution in [1.29, 1.82) is 0 Å². The fraction of sp³-hybridized carbons (Fsp3) is 0.231. The predicted octanol–water partition coefficient (Wildman–Crippen LogP) is 3.72. The van der Waals surface area contributed by atoms with E-state index in [-0.39, 0.29) is 0 Å². The fourth-order valence-corrected chi connectivity index (χ4v) is 3.31. The minimum atomic E-state index is 0.878. The van der Waals surface area contributed by atoms with Gasteiger partial charge in [0.05, 0.1) is 20.9 Å². The molecule has 0 fully saturated rings. The molecule has 0 bridgehead atoms. The SMILES string of the molecule is Cc1nc(CCNc2nc3ccccc3s2)cs1. The molecule has 3 nitrogen and oxygen atoms in total. The number of thiazole rings is 2. The lowest BCUT2D eigenvalue weighted by Crippen LogP contribution is -2.04. The molecule has 0 atom stereocenters. The molecular weight excluding hydrogens is 262 g/mol. The van der Waals surface area contributed by atoms with Crippen molar-refractivity contribution in [3.05, 3.63) is 40.3 Å². The molecule has 0 spiro atoms. The number of rotatable bonds is 4. The van der Waals surface area contributed by atoms with Gasteiger partial charge in [-0.15, -0.1) is 11.3 Å². The lowest BCUT2D eigenvalue weighted by molar-refractivity contribution is 0.967. The van der Waals surface area contributed by atoms with Crippen LogP contribution in [0.15, 0.2) is 29.6 Å². The van der Waals surface area contributed by atoms with Crippen LogP contribution in [-0.2, 0) is 6.42 Å². The van der Waals surface area contributed by atoms with E-state index in [1.54, 1.807) is 22.7 Å². The summed E-state index contributed by atoms with van der Waals surface area (Å²) in [4.78, 5) is 8.98. The Hall–Kier alpha value is -1.46. The molecule has 0 amide bonds. The molecule has 3 rings (SSSR count). The molecule has 18 heavy (non-hydrogen) atoms. The number of para-hydroxylation sites is 1. The van der Waals surface area contributed by atoms with Crippen molar-refractivity contribution in [1.82, 2.24) is 9.97 Å². The van der Waals surface area contributed by atoms with Crippen LogP contribution in [-0.4, -0.2) is 16.5 Å². The van der Waals surface area contributed by atoms with Gasteiger partial charge in [-0.2, -0.15) is 0 Å². The maximum atomic E-state index is 4.54. The van der Waals surface area contributed by atoms with E-state index in [2.05, 4.69) is 26.7 Å². The summed E-state index contributed by atoms with van der Waals surface area (Å²) in [6.45, 7) is 2.91. The Kier molecular flexibility index (Phi) is 3.25. The van der Waals surface area contributed by atoms with Gasteiger partial charge in [0.2, 0.25) is 0 Å². The zero-order valence-corrected chi connectivity index (χ0v) is 11.6. The number of nitrogens with zero attached hydrogens (tertiary/aromatic N) is 2. The quantitative estimate of drug-likeness (QED) is 0.788. The van der Waals surface area contributed by atoms with Crippen LogP contribution in [0, 0.1) is 6.92 Å². The van der Waals surface area contributed by atoms with Gasteiger partial charge in [-0.1, -0.05) is 23.5 Å². The molecule has 0 aliphatic carbocycles. The Morgan fingerprint density at radius 3 is 2.89 bits per heavy atom. The third kappa shape index (κ3) is 2.52. The van der Waals surface area contributed by atoms with Gasteiger partial charge in [-0.25, -0.2) is 9.97 Å². The molecule has 5 heteroatoms. The summed E-state index contributed by atoms with van der Waals surface area (Å²) in [6, 6.07) is 8.20. The van der Waals surface area contributed by atoms with Gasteiger partial charge >= 0.3 is 0 Å². The van der Waals surface area contributed by atoms with E-state index in [4.69, 9.17) is 0 Å². The molecular formula is C13H13N3S2. The standard InChI is InChI=1S/C13H13N3S2/c1-9-15-10(8-17-9)6-7-14-13-16-11-4-2-3-5-12(11)18-13/h2-5,8H,6-7H2,1H3,(H,14,16). The highest BCUT2D eigenvalue weighted by Gasteiger charge is 2.03. The summed E-state index contributed by atoms with van der Waals surface area (Å²) in [5.41, 5.74) is 2.22. The maximum Gasteiger partial charge on any atom is 0.183 e. The molecule has 0 saturated heterocycles. The number of fused-ring (bicyclic) bond motifs is 1. The third-order valence-electron chi connectivity index (χ3n) is 2.62.